The molecule has 0 spiro atoms. The predicted molar refractivity (Wildman–Crippen MR) is 109 cm³/mol. The minimum Gasteiger partial charge on any atom is -0.441 e. The average Bonchev–Trinajstić information content (AvgIpc) is 3.17. The number of anilines is 2. The Balaban J connectivity index is 1.52. The van der Waals surface area contributed by atoms with Crippen LogP contribution < -0.4 is 10.6 Å². The van der Waals surface area contributed by atoms with E-state index in [0.29, 0.717) is 35.9 Å². The summed E-state index contributed by atoms with van der Waals surface area (Å²) >= 11 is 0. The molecule has 6 nitrogen and oxygen atoms in total. The molecule has 0 saturated heterocycles. The zero-order valence-corrected chi connectivity index (χ0v) is 15.8. The molecule has 0 saturated carbocycles. The first-order valence-electron chi connectivity index (χ1n) is 9.34. The Kier molecular flexibility index (Phi) is 6.57. The van der Waals surface area contributed by atoms with Crippen molar-refractivity contribution in [2.24, 2.45) is 0 Å². The highest BCUT2D eigenvalue weighted by molar-refractivity contribution is 5.94. The van der Waals surface area contributed by atoms with E-state index in [0.717, 1.165) is 12.0 Å². The zero-order chi connectivity index (χ0) is 19.8. The Morgan fingerprint density at radius 1 is 0.929 bits per heavy atom. The lowest BCUT2D eigenvalue weighted by molar-refractivity contribution is -0.117. The van der Waals surface area contributed by atoms with Gasteiger partial charge < -0.3 is 15.1 Å². The lowest BCUT2D eigenvalue weighted by atomic mass is 10.2. The van der Waals surface area contributed by atoms with E-state index in [1.807, 2.05) is 37.3 Å². The topological polar surface area (TPSA) is 84.2 Å². The maximum atomic E-state index is 12.2. The van der Waals surface area contributed by atoms with Gasteiger partial charge in [0, 0.05) is 36.2 Å². The molecule has 2 aromatic carbocycles. The van der Waals surface area contributed by atoms with Crippen molar-refractivity contribution in [3.63, 3.8) is 0 Å². The quantitative estimate of drug-likeness (QED) is 0.598. The molecule has 2 amide bonds. The standard InChI is InChI=1S/C22H23N3O3/c1-2-7-20(26)24-17-10-6-11-18(14-17)25-21(27)12-13-22-23-15-19(28-22)16-8-4-3-5-9-16/h3-6,8-11,14-15H,2,7,12-13H2,1H3,(H,24,26)(H,25,27). The summed E-state index contributed by atoms with van der Waals surface area (Å²) in [7, 11) is 0. The normalized spacial score (nSPS) is 10.5. The Labute approximate surface area is 164 Å². The predicted octanol–water partition coefficient (Wildman–Crippen LogP) is 4.65. The average molecular weight is 377 g/mol. The molecule has 0 atom stereocenters. The molecule has 0 aliphatic rings. The van der Waals surface area contributed by atoms with E-state index in [1.165, 1.54) is 0 Å². The number of hydrogen-bond acceptors (Lipinski definition) is 4. The lowest BCUT2D eigenvalue weighted by Crippen LogP contribution is -2.14. The van der Waals surface area contributed by atoms with Crippen LogP contribution in [-0.2, 0) is 16.0 Å². The number of amides is 2. The van der Waals surface area contributed by atoms with Gasteiger partial charge in [0.1, 0.15) is 0 Å². The molecule has 0 unspecified atom stereocenters. The fourth-order valence-electron chi connectivity index (χ4n) is 2.73. The van der Waals surface area contributed by atoms with Crippen LogP contribution >= 0.6 is 0 Å². The number of benzene rings is 2. The molecule has 28 heavy (non-hydrogen) atoms. The van der Waals surface area contributed by atoms with Crippen LogP contribution in [0.25, 0.3) is 11.3 Å². The highest BCUT2D eigenvalue weighted by atomic mass is 16.4. The van der Waals surface area contributed by atoms with Crippen LogP contribution in [0.5, 0.6) is 0 Å². The molecule has 0 bridgehead atoms. The summed E-state index contributed by atoms with van der Waals surface area (Å²) in [5.74, 6) is 1.03. The van der Waals surface area contributed by atoms with Crippen molar-refractivity contribution in [3.8, 4) is 11.3 Å². The molecule has 0 radical (unpaired) electrons. The van der Waals surface area contributed by atoms with E-state index in [1.54, 1.807) is 30.5 Å². The van der Waals surface area contributed by atoms with Gasteiger partial charge in [0.2, 0.25) is 11.8 Å². The van der Waals surface area contributed by atoms with E-state index in [2.05, 4.69) is 15.6 Å². The first-order valence-corrected chi connectivity index (χ1v) is 9.34. The third-order valence-electron chi connectivity index (χ3n) is 4.08. The van der Waals surface area contributed by atoms with Crippen molar-refractivity contribution in [2.45, 2.75) is 32.6 Å². The van der Waals surface area contributed by atoms with Crippen LogP contribution in [0.4, 0.5) is 11.4 Å². The van der Waals surface area contributed by atoms with Gasteiger partial charge in [-0.3, -0.25) is 9.59 Å². The van der Waals surface area contributed by atoms with Gasteiger partial charge in [0.15, 0.2) is 11.7 Å². The summed E-state index contributed by atoms with van der Waals surface area (Å²) in [4.78, 5) is 28.2. The van der Waals surface area contributed by atoms with Crippen molar-refractivity contribution >= 4 is 23.2 Å². The first-order chi connectivity index (χ1) is 13.6. The number of nitrogens with zero attached hydrogens (tertiary/aromatic N) is 1. The second-order valence-electron chi connectivity index (χ2n) is 6.41. The maximum Gasteiger partial charge on any atom is 0.224 e. The monoisotopic (exact) mass is 377 g/mol. The fourth-order valence-corrected chi connectivity index (χ4v) is 2.73. The number of hydrogen-bond donors (Lipinski definition) is 2. The molecule has 0 fully saturated rings. The second-order valence-corrected chi connectivity index (χ2v) is 6.41. The third-order valence-corrected chi connectivity index (χ3v) is 4.08. The van der Waals surface area contributed by atoms with Crippen LogP contribution in [0.15, 0.2) is 65.2 Å². The molecule has 3 rings (SSSR count). The Morgan fingerprint density at radius 2 is 1.61 bits per heavy atom. The molecule has 3 aromatic rings. The molecule has 0 aliphatic heterocycles. The summed E-state index contributed by atoms with van der Waals surface area (Å²) in [6.45, 7) is 1.95. The number of nitrogens with one attached hydrogen (secondary N) is 2. The summed E-state index contributed by atoms with van der Waals surface area (Å²) in [5.41, 5.74) is 2.25. The molecule has 1 aromatic heterocycles. The van der Waals surface area contributed by atoms with Crippen molar-refractivity contribution in [1.29, 1.82) is 0 Å². The number of carbonyl (C=O) groups excluding carboxylic acids is 2. The van der Waals surface area contributed by atoms with Crippen LogP contribution in [0.2, 0.25) is 0 Å². The minimum absolute atomic E-state index is 0.0379. The molecule has 1 heterocycles. The van der Waals surface area contributed by atoms with Crippen molar-refractivity contribution in [1.82, 2.24) is 4.98 Å². The van der Waals surface area contributed by atoms with Crippen LogP contribution in [0, 0.1) is 0 Å². The minimum atomic E-state index is -0.142. The molecular formula is C22H23N3O3. The van der Waals surface area contributed by atoms with Gasteiger partial charge in [-0.05, 0) is 24.6 Å². The molecule has 144 valence electrons. The maximum absolute atomic E-state index is 12.2. The van der Waals surface area contributed by atoms with Crippen molar-refractivity contribution in [3.05, 3.63) is 66.7 Å². The number of carbonyl (C=O) groups is 2. The lowest BCUT2D eigenvalue weighted by Gasteiger charge is -2.08. The van der Waals surface area contributed by atoms with E-state index in [-0.39, 0.29) is 18.2 Å². The highest BCUT2D eigenvalue weighted by Crippen LogP contribution is 2.20. The Hall–Kier alpha value is -3.41. The number of aryl methyl sites for hydroxylation is 1. The number of aromatic nitrogens is 1. The van der Waals surface area contributed by atoms with Gasteiger partial charge in [-0.2, -0.15) is 0 Å². The van der Waals surface area contributed by atoms with Gasteiger partial charge in [0.05, 0.1) is 6.20 Å². The van der Waals surface area contributed by atoms with E-state index in [9.17, 15) is 9.59 Å². The van der Waals surface area contributed by atoms with Crippen molar-refractivity contribution in [2.75, 3.05) is 10.6 Å². The van der Waals surface area contributed by atoms with E-state index in [4.69, 9.17) is 4.42 Å². The van der Waals surface area contributed by atoms with Gasteiger partial charge in [-0.15, -0.1) is 0 Å². The van der Waals surface area contributed by atoms with Gasteiger partial charge >= 0.3 is 0 Å². The largest absolute Gasteiger partial charge is 0.441 e. The summed E-state index contributed by atoms with van der Waals surface area (Å²) in [6, 6.07) is 16.8. The van der Waals surface area contributed by atoms with Gasteiger partial charge in [0.25, 0.3) is 0 Å². The zero-order valence-electron chi connectivity index (χ0n) is 15.8. The second kappa shape index (κ2) is 9.50. The van der Waals surface area contributed by atoms with E-state index < -0.39 is 0 Å². The molecular weight excluding hydrogens is 354 g/mol. The third kappa shape index (κ3) is 5.54. The summed E-state index contributed by atoms with van der Waals surface area (Å²) in [5, 5.41) is 5.65. The number of oxazole rings is 1. The van der Waals surface area contributed by atoms with Gasteiger partial charge in [-0.1, -0.05) is 43.3 Å². The van der Waals surface area contributed by atoms with Gasteiger partial charge in [-0.25, -0.2) is 4.98 Å². The van der Waals surface area contributed by atoms with Crippen molar-refractivity contribution < 1.29 is 14.0 Å². The summed E-state index contributed by atoms with van der Waals surface area (Å²) in [6.07, 6.45) is 3.59. The Morgan fingerprint density at radius 3 is 2.29 bits per heavy atom. The Bertz CT molecular complexity index is 935. The SMILES string of the molecule is CCCC(=O)Nc1cccc(NC(=O)CCc2ncc(-c3ccccc3)o2)c1. The van der Waals surface area contributed by atoms with Crippen LogP contribution in [0.1, 0.15) is 32.1 Å². The smallest absolute Gasteiger partial charge is 0.224 e. The summed E-state index contributed by atoms with van der Waals surface area (Å²) < 4.78 is 5.72. The van der Waals surface area contributed by atoms with Crippen LogP contribution in [0.3, 0.4) is 0 Å². The molecule has 2 N–H and O–H groups in total. The van der Waals surface area contributed by atoms with E-state index >= 15 is 0 Å². The number of rotatable bonds is 8. The fraction of sp³-hybridized carbons (Fsp3) is 0.227. The molecule has 0 aliphatic carbocycles. The first kappa shape index (κ1) is 19.4. The molecule has 6 heteroatoms. The highest BCUT2D eigenvalue weighted by Gasteiger charge is 2.10. The van der Waals surface area contributed by atoms with Crippen LogP contribution in [-0.4, -0.2) is 16.8 Å².